The molecule has 33 heavy (non-hydrogen) atoms. The van der Waals surface area contributed by atoms with Crippen molar-refractivity contribution < 1.29 is 23.9 Å². The average molecular weight is 449 g/mol. The number of rotatable bonds is 6. The van der Waals surface area contributed by atoms with Gasteiger partial charge < -0.3 is 10.1 Å². The number of para-hydroxylation sites is 1. The number of imide groups is 1. The number of carbonyl (C=O) groups excluding carboxylic acids is 4. The van der Waals surface area contributed by atoms with Gasteiger partial charge in [-0.1, -0.05) is 23.4 Å². The lowest BCUT2D eigenvalue weighted by Gasteiger charge is -2.21. The van der Waals surface area contributed by atoms with E-state index >= 15 is 0 Å². The summed E-state index contributed by atoms with van der Waals surface area (Å²) in [5.74, 6) is -2.04. The summed E-state index contributed by atoms with van der Waals surface area (Å²) >= 11 is 0. The zero-order valence-electron chi connectivity index (χ0n) is 18.4. The Morgan fingerprint density at radius 3 is 2.45 bits per heavy atom. The smallest absolute Gasteiger partial charge is 0.340 e. The van der Waals surface area contributed by atoms with Gasteiger partial charge in [0.2, 0.25) is 5.91 Å². The van der Waals surface area contributed by atoms with Gasteiger partial charge in [-0.25, -0.2) is 9.69 Å². The first-order chi connectivity index (χ1) is 15.8. The van der Waals surface area contributed by atoms with Crippen molar-refractivity contribution in [1.29, 1.82) is 0 Å². The molecule has 0 saturated carbocycles. The second-order valence-electron chi connectivity index (χ2n) is 7.86. The molecule has 3 amide bonds. The number of ether oxygens (including phenoxy) is 1. The lowest BCUT2D eigenvalue weighted by atomic mass is 10.1. The van der Waals surface area contributed by atoms with Crippen molar-refractivity contribution >= 4 is 35.1 Å². The summed E-state index contributed by atoms with van der Waals surface area (Å²) in [6, 6.07) is 9.90. The van der Waals surface area contributed by atoms with Gasteiger partial charge in [0.25, 0.3) is 11.8 Å². The second-order valence-corrected chi connectivity index (χ2v) is 7.86. The molecule has 0 radical (unpaired) electrons. The van der Waals surface area contributed by atoms with Gasteiger partial charge in [0, 0.05) is 0 Å². The number of amides is 3. The highest BCUT2D eigenvalue weighted by molar-refractivity contribution is 6.25. The van der Waals surface area contributed by atoms with Crippen LogP contribution in [0.25, 0.3) is 0 Å². The number of esters is 1. The maximum atomic E-state index is 13.1. The minimum absolute atomic E-state index is 0.200. The molecule has 1 N–H and O–H groups in total. The predicted octanol–water partition coefficient (Wildman–Crippen LogP) is 2.41. The van der Waals surface area contributed by atoms with Crippen LogP contribution in [-0.4, -0.2) is 53.9 Å². The highest BCUT2D eigenvalue weighted by atomic mass is 16.5. The molecule has 0 unspecified atom stereocenters. The first-order valence-electron chi connectivity index (χ1n) is 10.5. The molecule has 2 aromatic rings. The number of aryl methyl sites for hydroxylation is 2. The highest BCUT2D eigenvalue weighted by Crippen LogP contribution is 2.32. The quantitative estimate of drug-likeness (QED) is 0.534. The van der Waals surface area contributed by atoms with Crippen LogP contribution >= 0.6 is 0 Å². The molecule has 2 aromatic carbocycles. The minimum Gasteiger partial charge on any atom is -0.462 e. The molecule has 0 aliphatic carbocycles. The van der Waals surface area contributed by atoms with Gasteiger partial charge in [0.15, 0.2) is 12.1 Å². The van der Waals surface area contributed by atoms with E-state index in [1.165, 1.54) is 5.01 Å². The van der Waals surface area contributed by atoms with E-state index < -0.39 is 35.8 Å². The minimum atomic E-state index is -1.00. The van der Waals surface area contributed by atoms with Crippen molar-refractivity contribution in [3.63, 3.8) is 0 Å². The van der Waals surface area contributed by atoms with Crippen LogP contribution in [0.1, 0.15) is 28.4 Å². The predicted molar refractivity (Wildman–Crippen MR) is 119 cm³/mol. The number of anilines is 2. The number of hydrogen-bond donors (Lipinski definition) is 1. The fourth-order valence-corrected chi connectivity index (χ4v) is 4.00. The molecule has 0 bridgehead atoms. The number of fused-ring (bicyclic) bond motifs is 1. The van der Waals surface area contributed by atoms with E-state index in [9.17, 15) is 19.2 Å². The topological polar surface area (TPSA) is 121 Å². The molecule has 2 heterocycles. The van der Waals surface area contributed by atoms with Gasteiger partial charge in [-0.15, -0.1) is 0 Å². The van der Waals surface area contributed by atoms with E-state index in [0.29, 0.717) is 5.69 Å². The molecule has 0 aromatic heterocycles. The Hall–Kier alpha value is -4.08. The first kappa shape index (κ1) is 22.1. The van der Waals surface area contributed by atoms with E-state index in [4.69, 9.17) is 4.74 Å². The van der Waals surface area contributed by atoms with E-state index in [1.54, 1.807) is 43.3 Å². The van der Waals surface area contributed by atoms with Gasteiger partial charge in [-0.05, 0) is 56.2 Å². The lowest BCUT2D eigenvalue weighted by Crippen LogP contribution is -2.43. The number of nitrogens with one attached hydrogen (secondary N) is 1. The molecule has 0 spiro atoms. The lowest BCUT2D eigenvalue weighted by molar-refractivity contribution is -0.123. The molecule has 2 aliphatic rings. The van der Waals surface area contributed by atoms with Crippen LogP contribution in [0.4, 0.5) is 11.4 Å². The number of hydrogen-bond acceptors (Lipinski definition) is 8. The average Bonchev–Trinajstić information content (AvgIpc) is 3.27. The van der Waals surface area contributed by atoms with Crippen molar-refractivity contribution in [2.24, 2.45) is 10.3 Å². The van der Waals surface area contributed by atoms with Crippen LogP contribution < -0.4 is 10.2 Å². The maximum absolute atomic E-state index is 13.1. The monoisotopic (exact) mass is 449 g/mol. The van der Waals surface area contributed by atoms with E-state index in [0.717, 1.165) is 16.0 Å². The van der Waals surface area contributed by atoms with Crippen molar-refractivity contribution in [2.75, 3.05) is 23.4 Å². The molecule has 1 fully saturated rings. The Kier molecular flexibility index (Phi) is 5.91. The van der Waals surface area contributed by atoms with Gasteiger partial charge in [-0.2, -0.15) is 5.11 Å². The third kappa shape index (κ3) is 4.19. The zero-order chi connectivity index (χ0) is 23.7. The van der Waals surface area contributed by atoms with Crippen LogP contribution in [0, 0.1) is 13.8 Å². The molecule has 170 valence electrons. The molecule has 4 rings (SSSR count). The molecular formula is C23H23N5O5. The molecular weight excluding hydrogens is 426 g/mol. The van der Waals surface area contributed by atoms with Crippen molar-refractivity contribution in [1.82, 2.24) is 5.01 Å². The summed E-state index contributed by atoms with van der Waals surface area (Å²) < 4.78 is 5.01. The Morgan fingerprint density at radius 1 is 1.06 bits per heavy atom. The summed E-state index contributed by atoms with van der Waals surface area (Å²) in [7, 11) is 0. The van der Waals surface area contributed by atoms with E-state index in [1.807, 2.05) is 19.9 Å². The highest BCUT2D eigenvalue weighted by Gasteiger charge is 2.55. The van der Waals surface area contributed by atoms with E-state index in [2.05, 4.69) is 15.7 Å². The summed E-state index contributed by atoms with van der Waals surface area (Å²) in [6.45, 7) is 5.34. The number of carbonyl (C=O) groups is 4. The number of nitrogens with zero attached hydrogens (tertiary/aromatic N) is 4. The van der Waals surface area contributed by atoms with Gasteiger partial charge in [-0.3, -0.25) is 19.4 Å². The van der Waals surface area contributed by atoms with Crippen molar-refractivity contribution in [3.05, 3.63) is 59.2 Å². The molecule has 2 aliphatic heterocycles. The van der Waals surface area contributed by atoms with Gasteiger partial charge in [0.05, 0.1) is 23.5 Å². The third-order valence-corrected chi connectivity index (χ3v) is 5.32. The van der Waals surface area contributed by atoms with E-state index in [-0.39, 0.29) is 24.4 Å². The summed E-state index contributed by atoms with van der Waals surface area (Å²) in [5.41, 5.74) is 2.79. The van der Waals surface area contributed by atoms with Crippen LogP contribution in [-0.2, 0) is 19.1 Å². The fourth-order valence-electron chi connectivity index (χ4n) is 4.00. The SMILES string of the molecule is CCOC(=O)c1ccccc1NC(=O)CN1N=N[C@H]2C(=O)N(c3cc(C)cc(C)c3)C(=O)[C@H]21. The van der Waals surface area contributed by atoms with Crippen molar-refractivity contribution in [2.45, 2.75) is 32.9 Å². The Bertz CT molecular complexity index is 1160. The largest absolute Gasteiger partial charge is 0.462 e. The molecule has 10 heteroatoms. The summed E-state index contributed by atoms with van der Waals surface area (Å²) in [5, 5.41) is 11.7. The third-order valence-electron chi connectivity index (χ3n) is 5.32. The van der Waals surface area contributed by atoms with Crippen molar-refractivity contribution in [3.8, 4) is 0 Å². The van der Waals surface area contributed by atoms with Gasteiger partial charge in [0.1, 0.15) is 6.54 Å². The molecule has 1 saturated heterocycles. The Balaban J connectivity index is 1.50. The standard InChI is InChI=1S/C23H23N5O5/c1-4-33-23(32)16-7-5-6-8-17(16)24-18(29)12-27-20-19(25-26-27)21(30)28(22(20)31)15-10-13(2)9-14(3)11-15/h5-11,19-20H,4,12H2,1-3H3,(H,24,29)/t19-,20+/m1/s1. The van der Waals surface area contributed by atoms with Crippen LogP contribution in [0.15, 0.2) is 52.8 Å². The van der Waals surface area contributed by atoms with Crippen LogP contribution in [0.3, 0.4) is 0 Å². The maximum Gasteiger partial charge on any atom is 0.340 e. The Labute approximate surface area is 190 Å². The normalized spacial score (nSPS) is 19.1. The molecule has 10 nitrogen and oxygen atoms in total. The van der Waals surface area contributed by atoms with Crippen LogP contribution in [0.5, 0.6) is 0 Å². The Morgan fingerprint density at radius 2 is 1.76 bits per heavy atom. The second kappa shape index (κ2) is 8.81. The number of benzene rings is 2. The zero-order valence-corrected chi connectivity index (χ0v) is 18.4. The van der Waals surface area contributed by atoms with Crippen LogP contribution in [0.2, 0.25) is 0 Å². The fraction of sp³-hybridized carbons (Fsp3) is 0.304. The van der Waals surface area contributed by atoms with Gasteiger partial charge >= 0.3 is 5.97 Å². The summed E-state index contributed by atoms with van der Waals surface area (Å²) in [4.78, 5) is 52.0. The summed E-state index contributed by atoms with van der Waals surface area (Å²) in [6.07, 6.45) is 0. The first-order valence-corrected chi connectivity index (χ1v) is 10.5. The molecule has 2 atom stereocenters.